The lowest BCUT2D eigenvalue weighted by Gasteiger charge is -2.09. The van der Waals surface area contributed by atoms with Crippen LogP contribution in [-0.2, 0) is 0 Å². The average molecular weight is 183 g/mol. The molecule has 74 valence electrons. The Morgan fingerprint density at radius 2 is 1.62 bits per heavy atom. The van der Waals surface area contributed by atoms with Crippen molar-refractivity contribution in [3.63, 3.8) is 0 Å². The minimum absolute atomic E-state index is 0.183. The highest BCUT2D eigenvalue weighted by atomic mass is 19.1. The van der Waals surface area contributed by atoms with Gasteiger partial charge >= 0.3 is 0 Å². The summed E-state index contributed by atoms with van der Waals surface area (Å²) in [4.78, 5) is 0. The summed E-state index contributed by atoms with van der Waals surface area (Å²) < 4.78 is 12.4. The number of hydrogen-bond donors (Lipinski definition) is 1. The largest absolute Gasteiger partial charge is 0.313 e. The minimum atomic E-state index is -0.183. The smallest absolute Gasteiger partial charge is 0.123 e. The van der Waals surface area contributed by atoms with Crippen molar-refractivity contribution in [2.75, 3.05) is 7.05 Å². The molecule has 0 saturated carbocycles. The summed E-state index contributed by atoms with van der Waals surface area (Å²) >= 11 is 0. The number of benzene rings is 1. The minimum Gasteiger partial charge on any atom is -0.313 e. The Morgan fingerprint density at radius 3 is 2.00 bits per heavy atom. The molecule has 1 nitrogen and oxygen atoms in total. The van der Waals surface area contributed by atoms with Crippen molar-refractivity contribution in [2.24, 2.45) is 0 Å². The number of hydrogen-bond acceptors (Lipinski definition) is 1. The van der Waals surface area contributed by atoms with E-state index in [1.165, 1.54) is 12.1 Å². The van der Waals surface area contributed by atoms with Crippen LogP contribution in [0.25, 0.3) is 0 Å². The van der Waals surface area contributed by atoms with E-state index in [1.807, 2.05) is 27.8 Å². The maximum absolute atomic E-state index is 12.4. The van der Waals surface area contributed by atoms with Gasteiger partial charge in [0.2, 0.25) is 0 Å². The van der Waals surface area contributed by atoms with Crippen LogP contribution < -0.4 is 5.32 Å². The molecule has 0 radical (unpaired) electrons. The summed E-state index contributed by atoms with van der Waals surface area (Å²) in [6.07, 6.45) is 0. The van der Waals surface area contributed by atoms with Gasteiger partial charge in [-0.05, 0) is 31.7 Å². The molecule has 1 aromatic carbocycles. The van der Waals surface area contributed by atoms with E-state index in [4.69, 9.17) is 0 Å². The van der Waals surface area contributed by atoms with Crippen molar-refractivity contribution >= 4 is 0 Å². The number of nitrogens with one attached hydrogen (secondary N) is 1. The van der Waals surface area contributed by atoms with E-state index in [0.29, 0.717) is 0 Å². The number of halogens is 1. The molecule has 0 amide bonds. The zero-order valence-electron chi connectivity index (χ0n) is 8.76. The third kappa shape index (κ3) is 4.04. The van der Waals surface area contributed by atoms with E-state index >= 15 is 0 Å². The highest BCUT2D eigenvalue weighted by molar-refractivity contribution is 5.18. The fourth-order valence-corrected chi connectivity index (χ4v) is 0.918. The standard InChI is InChI=1S/C9H12FN.C2H6/c1-7(11-2)8-3-5-9(10)6-4-8;1-2/h3-7,11H,1-2H3;1-2H3. The third-order valence-corrected chi connectivity index (χ3v) is 1.80. The van der Waals surface area contributed by atoms with Crippen molar-refractivity contribution < 1.29 is 4.39 Å². The molecule has 0 saturated heterocycles. The van der Waals surface area contributed by atoms with Crippen molar-refractivity contribution in [1.29, 1.82) is 0 Å². The second-order valence-corrected chi connectivity index (χ2v) is 2.56. The van der Waals surface area contributed by atoms with Crippen LogP contribution in [0.1, 0.15) is 32.4 Å². The fourth-order valence-electron chi connectivity index (χ4n) is 0.918. The molecule has 0 aliphatic carbocycles. The monoisotopic (exact) mass is 183 g/mol. The lowest BCUT2D eigenvalue weighted by Crippen LogP contribution is -2.11. The highest BCUT2D eigenvalue weighted by Gasteiger charge is 2.00. The van der Waals surface area contributed by atoms with Gasteiger partial charge in [0.05, 0.1) is 0 Å². The van der Waals surface area contributed by atoms with Crippen molar-refractivity contribution in [3.8, 4) is 0 Å². The molecule has 2 heteroatoms. The summed E-state index contributed by atoms with van der Waals surface area (Å²) in [5.74, 6) is -0.183. The maximum atomic E-state index is 12.4. The Morgan fingerprint density at radius 1 is 1.15 bits per heavy atom. The Kier molecular flexibility index (Phi) is 6.15. The van der Waals surface area contributed by atoms with Crippen LogP contribution in [0, 0.1) is 5.82 Å². The molecule has 1 atom stereocenters. The highest BCUT2D eigenvalue weighted by Crippen LogP contribution is 2.11. The summed E-state index contributed by atoms with van der Waals surface area (Å²) in [5, 5.41) is 3.08. The molecule has 1 N–H and O–H groups in total. The zero-order valence-corrected chi connectivity index (χ0v) is 8.76. The first-order valence-electron chi connectivity index (χ1n) is 4.67. The molecule has 0 heterocycles. The van der Waals surface area contributed by atoms with E-state index in [0.717, 1.165) is 5.56 Å². The predicted molar refractivity (Wildman–Crippen MR) is 55.2 cm³/mol. The van der Waals surface area contributed by atoms with Gasteiger partial charge in [0.1, 0.15) is 5.82 Å². The Labute approximate surface area is 80.0 Å². The molecular weight excluding hydrogens is 165 g/mol. The summed E-state index contributed by atoms with van der Waals surface area (Å²) in [5.41, 5.74) is 1.11. The van der Waals surface area contributed by atoms with Gasteiger partial charge in [0.25, 0.3) is 0 Å². The van der Waals surface area contributed by atoms with Crippen LogP contribution in [0.3, 0.4) is 0 Å². The van der Waals surface area contributed by atoms with E-state index in [2.05, 4.69) is 5.32 Å². The van der Waals surface area contributed by atoms with E-state index in [9.17, 15) is 4.39 Å². The van der Waals surface area contributed by atoms with Crippen LogP contribution >= 0.6 is 0 Å². The molecule has 0 fully saturated rings. The molecule has 0 bridgehead atoms. The quantitative estimate of drug-likeness (QED) is 0.742. The van der Waals surface area contributed by atoms with E-state index < -0.39 is 0 Å². The maximum Gasteiger partial charge on any atom is 0.123 e. The predicted octanol–water partition coefficient (Wildman–Crippen LogP) is 3.13. The first-order chi connectivity index (χ1) is 6.24. The molecule has 13 heavy (non-hydrogen) atoms. The van der Waals surface area contributed by atoms with Gasteiger partial charge in [-0.1, -0.05) is 26.0 Å². The molecule has 1 rings (SSSR count). The lowest BCUT2D eigenvalue weighted by molar-refractivity contribution is 0.619. The number of rotatable bonds is 2. The first kappa shape index (κ1) is 12.1. The van der Waals surface area contributed by atoms with Gasteiger partial charge in [-0.15, -0.1) is 0 Å². The average Bonchev–Trinajstić information content (AvgIpc) is 2.21. The molecular formula is C11H18FN. The first-order valence-corrected chi connectivity index (χ1v) is 4.67. The van der Waals surface area contributed by atoms with Crippen LogP contribution in [-0.4, -0.2) is 7.05 Å². The van der Waals surface area contributed by atoms with Gasteiger partial charge in [-0.3, -0.25) is 0 Å². The third-order valence-electron chi connectivity index (χ3n) is 1.80. The van der Waals surface area contributed by atoms with Gasteiger partial charge in [-0.25, -0.2) is 4.39 Å². The lowest BCUT2D eigenvalue weighted by atomic mass is 10.1. The Hall–Kier alpha value is -0.890. The van der Waals surface area contributed by atoms with E-state index in [1.54, 1.807) is 12.1 Å². The van der Waals surface area contributed by atoms with Gasteiger partial charge in [0, 0.05) is 6.04 Å². The van der Waals surface area contributed by atoms with Crippen LogP contribution in [0.4, 0.5) is 4.39 Å². The van der Waals surface area contributed by atoms with Crippen LogP contribution in [0.5, 0.6) is 0 Å². The summed E-state index contributed by atoms with van der Waals surface area (Å²) in [6.45, 7) is 6.03. The van der Waals surface area contributed by atoms with Crippen LogP contribution in [0.15, 0.2) is 24.3 Å². The molecule has 0 aliphatic rings. The Bertz CT molecular complexity index is 218. The van der Waals surface area contributed by atoms with Crippen LogP contribution in [0.2, 0.25) is 0 Å². The second-order valence-electron chi connectivity index (χ2n) is 2.56. The van der Waals surface area contributed by atoms with Crippen molar-refractivity contribution in [2.45, 2.75) is 26.8 Å². The molecule has 0 spiro atoms. The normalized spacial score (nSPS) is 11.5. The fraction of sp³-hybridized carbons (Fsp3) is 0.455. The zero-order chi connectivity index (χ0) is 10.3. The van der Waals surface area contributed by atoms with Gasteiger partial charge in [-0.2, -0.15) is 0 Å². The second kappa shape index (κ2) is 6.61. The molecule has 1 unspecified atom stereocenters. The van der Waals surface area contributed by atoms with Gasteiger partial charge < -0.3 is 5.32 Å². The van der Waals surface area contributed by atoms with Crippen molar-refractivity contribution in [1.82, 2.24) is 5.32 Å². The molecule has 0 aromatic heterocycles. The van der Waals surface area contributed by atoms with Crippen molar-refractivity contribution in [3.05, 3.63) is 35.6 Å². The summed E-state index contributed by atoms with van der Waals surface area (Å²) in [7, 11) is 1.88. The molecule has 0 aliphatic heterocycles. The topological polar surface area (TPSA) is 12.0 Å². The SMILES string of the molecule is CC.CNC(C)c1ccc(F)cc1. The summed E-state index contributed by atoms with van der Waals surface area (Å²) in [6, 6.07) is 6.81. The molecule has 1 aromatic rings. The Balaban J connectivity index is 0.000000671. The van der Waals surface area contributed by atoms with Gasteiger partial charge in [0.15, 0.2) is 0 Å². The van der Waals surface area contributed by atoms with E-state index in [-0.39, 0.29) is 11.9 Å².